The van der Waals surface area contributed by atoms with Crippen LogP contribution in [-0.4, -0.2) is 40.1 Å². The summed E-state index contributed by atoms with van der Waals surface area (Å²) in [6.07, 6.45) is 9.16. The van der Waals surface area contributed by atoms with Crippen LogP contribution in [0, 0.1) is 0 Å². The Labute approximate surface area is 148 Å². The third-order valence-electron chi connectivity index (χ3n) is 4.73. The molecule has 1 aliphatic heterocycles. The molecule has 25 heavy (non-hydrogen) atoms. The van der Waals surface area contributed by atoms with Gasteiger partial charge in [-0.3, -0.25) is 14.7 Å². The fourth-order valence-electron chi connectivity index (χ4n) is 3.54. The number of aromatic nitrogens is 1. The second kappa shape index (κ2) is 8.58. The quantitative estimate of drug-likeness (QED) is 0.834. The van der Waals surface area contributed by atoms with E-state index in [1.54, 1.807) is 6.20 Å². The van der Waals surface area contributed by atoms with Crippen LogP contribution in [0.5, 0.6) is 0 Å². The Hall–Kier alpha value is -2.46. The molecule has 1 atom stereocenters. The van der Waals surface area contributed by atoms with Gasteiger partial charge in [0, 0.05) is 30.5 Å². The molecule has 0 unspecified atom stereocenters. The predicted molar refractivity (Wildman–Crippen MR) is 99.2 cm³/mol. The first kappa shape index (κ1) is 17.4. The smallest absolute Gasteiger partial charge is 0.304 e. The first-order valence-electron chi connectivity index (χ1n) is 8.86. The van der Waals surface area contributed by atoms with Crippen LogP contribution >= 0.6 is 0 Å². The van der Waals surface area contributed by atoms with E-state index < -0.39 is 5.97 Å². The highest BCUT2D eigenvalue weighted by Gasteiger charge is 2.25. The van der Waals surface area contributed by atoms with Gasteiger partial charge in [0.1, 0.15) is 0 Å². The lowest BCUT2D eigenvalue weighted by molar-refractivity contribution is -0.138. The van der Waals surface area contributed by atoms with Crippen LogP contribution in [0.25, 0.3) is 5.57 Å². The number of aliphatic carboxylic acids is 1. The lowest BCUT2D eigenvalue weighted by Gasteiger charge is -2.22. The van der Waals surface area contributed by atoms with Crippen LogP contribution < -0.4 is 0 Å². The number of benzene rings is 1. The molecule has 1 saturated heterocycles. The molecule has 2 aromatic rings. The van der Waals surface area contributed by atoms with Gasteiger partial charge in [0.05, 0.1) is 6.42 Å². The topological polar surface area (TPSA) is 53.4 Å². The first-order chi connectivity index (χ1) is 12.2. The molecular formula is C21H24N2O2. The van der Waals surface area contributed by atoms with Gasteiger partial charge in [0.25, 0.3) is 0 Å². The molecule has 1 aromatic carbocycles. The number of rotatable bonds is 7. The number of likely N-dealkylation sites (tertiary alicyclic amines) is 1. The summed E-state index contributed by atoms with van der Waals surface area (Å²) >= 11 is 0. The van der Waals surface area contributed by atoms with E-state index in [0.717, 1.165) is 37.9 Å². The Morgan fingerprint density at radius 1 is 1.20 bits per heavy atom. The molecule has 0 amide bonds. The predicted octanol–water partition coefficient (Wildman–Crippen LogP) is 3.84. The number of carbonyl (C=O) groups is 1. The largest absolute Gasteiger partial charge is 0.481 e. The van der Waals surface area contributed by atoms with Gasteiger partial charge in [-0.2, -0.15) is 0 Å². The minimum Gasteiger partial charge on any atom is -0.481 e. The molecule has 1 fully saturated rings. The lowest BCUT2D eigenvalue weighted by Crippen LogP contribution is -2.32. The van der Waals surface area contributed by atoms with Crippen LogP contribution in [0.2, 0.25) is 0 Å². The van der Waals surface area contributed by atoms with E-state index >= 15 is 0 Å². The van der Waals surface area contributed by atoms with Gasteiger partial charge in [0.2, 0.25) is 0 Å². The lowest BCUT2D eigenvalue weighted by atomic mass is 9.98. The Morgan fingerprint density at radius 3 is 2.72 bits per heavy atom. The summed E-state index contributed by atoms with van der Waals surface area (Å²) in [5.41, 5.74) is 3.47. The SMILES string of the molecule is O=C(O)C[C@@H]1CCCN1CCC=C(c1ccccc1)c1cccnc1. The molecule has 0 aliphatic carbocycles. The highest BCUT2D eigenvalue weighted by Crippen LogP contribution is 2.24. The summed E-state index contributed by atoms with van der Waals surface area (Å²) in [6.45, 7) is 1.90. The normalized spacial score (nSPS) is 18.4. The van der Waals surface area contributed by atoms with Gasteiger partial charge in [-0.1, -0.05) is 42.5 Å². The molecule has 1 aliphatic rings. The van der Waals surface area contributed by atoms with Gasteiger partial charge >= 0.3 is 5.97 Å². The van der Waals surface area contributed by atoms with Crippen molar-refractivity contribution in [1.29, 1.82) is 0 Å². The average Bonchev–Trinajstić information content (AvgIpc) is 3.06. The number of hydrogen-bond acceptors (Lipinski definition) is 3. The van der Waals surface area contributed by atoms with Crippen LogP contribution in [-0.2, 0) is 4.79 Å². The Bertz CT molecular complexity index is 672. The van der Waals surface area contributed by atoms with Crippen molar-refractivity contribution in [2.24, 2.45) is 0 Å². The molecule has 0 bridgehead atoms. The van der Waals surface area contributed by atoms with E-state index in [9.17, 15) is 4.79 Å². The van der Waals surface area contributed by atoms with Crippen LogP contribution in [0.3, 0.4) is 0 Å². The summed E-state index contributed by atoms with van der Waals surface area (Å²) < 4.78 is 0. The van der Waals surface area contributed by atoms with Crippen molar-refractivity contribution in [1.82, 2.24) is 9.88 Å². The Kier molecular flexibility index (Phi) is 5.96. The second-order valence-corrected chi connectivity index (χ2v) is 6.44. The van der Waals surface area contributed by atoms with Crippen molar-refractivity contribution in [2.45, 2.75) is 31.7 Å². The summed E-state index contributed by atoms with van der Waals surface area (Å²) in [6, 6.07) is 14.6. The number of carboxylic acid groups (broad SMARTS) is 1. The van der Waals surface area contributed by atoms with Crippen molar-refractivity contribution < 1.29 is 9.90 Å². The van der Waals surface area contributed by atoms with Gasteiger partial charge in [-0.15, -0.1) is 0 Å². The maximum absolute atomic E-state index is 11.0. The molecule has 4 heteroatoms. The van der Waals surface area contributed by atoms with Crippen LogP contribution in [0.1, 0.15) is 36.8 Å². The maximum Gasteiger partial charge on any atom is 0.304 e. The molecule has 2 heterocycles. The third kappa shape index (κ3) is 4.77. The number of carboxylic acids is 1. The zero-order chi connectivity index (χ0) is 17.5. The summed E-state index contributed by atoms with van der Waals surface area (Å²) in [4.78, 5) is 17.6. The molecule has 1 N–H and O–H groups in total. The van der Waals surface area contributed by atoms with Crippen molar-refractivity contribution in [3.63, 3.8) is 0 Å². The fraction of sp³-hybridized carbons (Fsp3) is 0.333. The van der Waals surface area contributed by atoms with E-state index in [0.29, 0.717) is 0 Å². The fourth-order valence-corrected chi connectivity index (χ4v) is 3.54. The van der Waals surface area contributed by atoms with E-state index in [1.165, 1.54) is 11.1 Å². The van der Waals surface area contributed by atoms with Crippen molar-refractivity contribution in [3.8, 4) is 0 Å². The molecule has 130 valence electrons. The summed E-state index contributed by atoms with van der Waals surface area (Å²) in [5.74, 6) is -0.701. The molecule has 0 radical (unpaired) electrons. The van der Waals surface area contributed by atoms with Crippen molar-refractivity contribution in [2.75, 3.05) is 13.1 Å². The average molecular weight is 336 g/mol. The number of hydrogen-bond donors (Lipinski definition) is 1. The Morgan fingerprint density at radius 2 is 2.00 bits per heavy atom. The number of pyridine rings is 1. The first-order valence-corrected chi connectivity index (χ1v) is 8.86. The molecule has 0 saturated carbocycles. The van der Waals surface area contributed by atoms with E-state index in [-0.39, 0.29) is 12.5 Å². The van der Waals surface area contributed by atoms with Gasteiger partial charge in [-0.05, 0) is 43.0 Å². The van der Waals surface area contributed by atoms with Crippen LogP contribution in [0.4, 0.5) is 0 Å². The molecular weight excluding hydrogens is 312 g/mol. The second-order valence-electron chi connectivity index (χ2n) is 6.44. The van der Waals surface area contributed by atoms with Crippen molar-refractivity contribution >= 4 is 11.5 Å². The molecule has 4 nitrogen and oxygen atoms in total. The van der Waals surface area contributed by atoms with Crippen molar-refractivity contribution in [3.05, 3.63) is 72.1 Å². The molecule has 1 aromatic heterocycles. The van der Waals surface area contributed by atoms with E-state index in [4.69, 9.17) is 5.11 Å². The van der Waals surface area contributed by atoms with Crippen LogP contribution in [0.15, 0.2) is 60.9 Å². The minimum atomic E-state index is -0.701. The Balaban J connectivity index is 1.72. The van der Waals surface area contributed by atoms with Gasteiger partial charge < -0.3 is 5.11 Å². The third-order valence-corrected chi connectivity index (χ3v) is 4.73. The van der Waals surface area contributed by atoms with E-state index in [1.807, 2.05) is 30.5 Å². The highest BCUT2D eigenvalue weighted by molar-refractivity contribution is 5.79. The molecule has 3 rings (SSSR count). The summed E-state index contributed by atoms with van der Waals surface area (Å²) in [5, 5.41) is 9.06. The molecule has 0 spiro atoms. The zero-order valence-corrected chi connectivity index (χ0v) is 14.3. The van der Waals surface area contributed by atoms with E-state index in [2.05, 4.69) is 34.2 Å². The minimum absolute atomic E-state index is 0.185. The monoisotopic (exact) mass is 336 g/mol. The standard InChI is InChI=1S/C21H24N2O2/c24-21(25)15-19-10-5-13-23(19)14-6-11-20(17-7-2-1-3-8-17)18-9-4-12-22-16-18/h1-4,7-9,11-12,16,19H,5-6,10,13-15H2,(H,24,25)/t19-/m0/s1. The number of nitrogens with zero attached hydrogens (tertiary/aromatic N) is 2. The van der Waals surface area contributed by atoms with Gasteiger partial charge in [0.15, 0.2) is 0 Å². The summed E-state index contributed by atoms with van der Waals surface area (Å²) in [7, 11) is 0. The highest BCUT2D eigenvalue weighted by atomic mass is 16.4. The zero-order valence-electron chi connectivity index (χ0n) is 14.3. The maximum atomic E-state index is 11.0. The van der Waals surface area contributed by atoms with Gasteiger partial charge in [-0.25, -0.2) is 0 Å².